The lowest BCUT2D eigenvalue weighted by Crippen LogP contribution is -2.24. The van der Waals surface area contributed by atoms with Crippen LogP contribution in [0.3, 0.4) is 0 Å². The van der Waals surface area contributed by atoms with E-state index in [9.17, 15) is 4.79 Å². The molecule has 16 heavy (non-hydrogen) atoms. The number of alkyl halides is 1. The maximum atomic E-state index is 11.8. The summed E-state index contributed by atoms with van der Waals surface area (Å²) in [6, 6.07) is 0. The van der Waals surface area contributed by atoms with Crippen molar-refractivity contribution in [2.75, 3.05) is 5.88 Å². The highest BCUT2D eigenvalue weighted by atomic mass is 127. The smallest absolute Gasteiger partial charge is 0.266 e. The molecule has 1 heterocycles. The van der Waals surface area contributed by atoms with Crippen LogP contribution in [0.1, 0.15) is 25.5 Å². The second kappa shape index (κ2) is 6.59. The van der Waals surface area contributed by atoms with Crippen LogP contribution >= 0.6 is 34.2 Å². The maximum absolute atomic E-state index is 11.8. The van der Waals surface area contributed by atoms with E-state index in [1.54, 1.807) is 10.9 Å². The Hall–Kier alpha value is -0.100. The lowest BCUT2D eigenvalue weighted by Gasteiger charge is -2.11. The molecule has 0 aliphatic heterocycles. The van der Waals surface area contributed by atoms with Gasteiger partial charge in [-0.1, -0.05) is 6.92 Å². The number of aromatic nitrogens is 2. The normalized spacial score (nSPS) is 12.8. The summed E-state index contributed by atoms with van der Waals surface area (Å²) >= 11 is 7.72. The molecule has 1 rings (SSSR count). The molecule has 0 saturated heterocycles. The van der Waals surface area contributed by atoms with Crippen LogP contribution in [0, 0.1) is 16.4 Å². The number of hydrogen-bond donors (Lipinski definition) is 0. The zero-order valence-corrected chi connectivity index (χ0v) is 12.5. The summed E-state index contributed by atoms with van der Waals surface area (Å²) < 4.78 is 2.39. The zero-order valence-electron chi connectivity index (χ0n) is 9.54. The van der Waals surface area contributed by atoms with Crippen LogP contribution in [-0.4, -0.2) is 15.4 Å². The number of nitrogens with zero attached hydrogens (tertiary/aromatic N) is 2. The quantitative estimate of drug-likeness (QED) is 0.602. The molecule has 0 spiro atoms. The highest BCUT2D eigenvalue weighted by molar-refractivity contribution is 14.1. The Balaban J connectivity index is 2.68. The van der Waals surface area contributed by atoms with E-state index < -0.39 is 0 Å². The number of halogens is 2. The third-order valence-electron chi connectivity index (χ3n) is 2.62. The van der Waals surface area contributed by atoms with Crippen molar-refractivity contribution in [2.24, 2.45) is 5.92 Å². The fraction of sp³-hybridized carbons (Fsp3) is 0.636. The second-order valence-corrected chi connectivity index (χ2v) is 5.47. The van der Waals surface area contributed by atoms with Gasteiger partial charge in [0, 0.05) is 12.4 Å². The van der Waals surface area contributed by atoms with Crippen LogP contribution in [0.15, 0.2) is 11.1 Å². The Morgan fingerprint density at radius 3 is 2.88 bits per heavy atom. The highest BCUT2D eigenvalue weighted by Gasteiger charge is 2.07. The van der Waals surface area contributed by atoms with Gasteiger partial charge in [0.15, 0.2) is 0 Å². The van der Waals surface area contributed by atoms with Crippen LogP contribution in [0.25, 0.3) is 0 Å². The molecule has 5 heteroatoms. The van der Waals surface area contributed by atoms with E-state index >= 15 is 0 Å². The lowest BCUT2D eigenvalue weighted by molar-refractivity contribution is 0.461. The van der Waals surface area contributed by atoms with Crippen molar-refractivity contribution in [3.05, 3.63) is 25.9 Å². The minimum absolute atomic E-state index is 0.0613. The molecule has 1 unspecified atom stereocenters. The largest absolute Gasteiger partial charge is 0.298 e. The van der Waals surface area contributed by atoms with Crippen molar-refractivity contribution in [3.8, 4) is 0 Å². The van der Waals surface area contributed by atoms with E-state index in [1.165, 1.54) is 0 Å². The van der Waals surface area contributed by atoms with Gasteiger partial charge in [-0.2, -0.15) is 0 Å². The first-order valence-corrected chi connectivity index (χ1v) is 6.95. The molecule has 0 radical (unpaired) electrons. The van der Waals surface area contributed by atoms with Gasteiger partial charge < -0.3 is 0 Å². The topological polar surface area (TPSA) is 34.9 Å². The zero-order chi connectivity index (χ0) is 12.1. The Morgan fingerprint density at radius 2 is 2.25 bits per heavy atom. The molecule has 0 bridgehead atoms. The predicted octanol–water partition coefficient (Wildman–Crippen LogP) is 2.81. The van der Waals surface area contributed by atoms with Crippen LogP contribution in [0.2, 0.25) is 0 Å². The first kappa shape index (κ1) is 14.0. The Bertz CT molecular complexity index is 405. The summed E-state index contributed by atoms with van der Waals surface area (Å²) in [6.07, 6.45) is 3.59. The van der Waals surface area contributed by atoms with Gasteiger partial charge >= 0.3 is 0 Å². The molecule has 0 amide bonds. The maximum Gasteiger partial charge on any atom is 0.266 e. The summed E-state index contributed by atoms with van der Waals surface area (Å²) in [5.74, 6) is 1.23. The van der Waals surface area contributed by atoms with Crippen molar-refractivity contribution in [2.45, 2.75) is 33.2 Å². The van der Waals surface area contributed by atoms with Gasteiger partial charge in [0.25, 0.3) is 5.56 Å². The third-order valence-corrected chi connectivity index (χ3v) is 4.08. The van der Waals surface area contributed by atoms with Crippen LogP contribution in [-0.2, 0) is 6.54 Å². The Labute approximate surface area is 114 Å². The number of rotatable bonds is 5. The minimum Gasteiger partial charge on any atom is -0.298 e. The summed E-state index contributed by atoms with van der Waals surface area (Å²) in [4.78, 5) is 16.0. The molecule has 1 aromatic heterocycles. The van der Waals surface area contributed by atoms with Gasteiger partial charge in [-0.15, -0.1) is 11.6 Å². The van der Waals surface area contributed by atoms with Gasteiger partial charge in [-0.05, 0) is 48.3 Å². The van der Waals surface area contributed by atoms with Gasteiger partial charge in [0.1, 0.15) is 0 Å². The molecule has 1 atom stereocenters. The fourth-order valence-corrected chi connectivity index (χ4v) is 2.22. The lowest BCUT2D eigenvalue weighted by atomic mass is 10.1. The van der Waals surface area contributed by atoms with Crippen LogP contribution in [0.4, 0.5) is 0 Å². The predicted molar refractivity (Wildman–Crippen MR) is 75.1 cm³/mol. The monoisotopic (exact) mass is 354 g/mol. The van der Waals surface area contributed by atoms with Gasteiger partial charge in [-0.3, -0.25) is 9.36 Å². The summed E-state index contributed by atoms with van der Waals surface area (Å²) in [7, 11) is 0. The highest BCUT2D eigenvalue weighted by Crippen LogP contribution is 2.09. The van der Waals surface area contributed by atoms with Crippen LogP contribution in [0.5, 0.6) is 0 Å². The molecule has 0 aliphatic carbocycles. The Kier molecular flexibility index (Phi) is 5.75. The van der Waals surface area contributed by atoms with Crippen molar-refractivity contribution in [1.82, 2.24) is 9.55 Å². The van der Waals surface area contributed by atoms with Crippen molar-refractivity contribution in [1.29, 1.82) is 0 Å². The van der Waals surface area contributed by atoms with E-state index in [2.05, 4.69) is 34.5 Å². The summed E-state index contributed by atoms with van der Waals surface area (Å²) in [6.45, 7) is 4.73. The van der Waals surface area contributed by atoms with Crippen molar-refractivity contribution in [3.63, 3.8) is 0 Å². The standard InChI is InChI=1S/C11H16ClIN2O/c1-8(3-5-12)4-6-15-7-14-9(2)10(13)11(15)16/h7-8H,3-6H2,1-2H3. The molecule has 1 aromatic rings. The summed E-state index contributed by atoms with van der Waals surface area (Å²) in [5, 5.41) is 0. The molecule has 0 aliphatic rings. The van der Waals surface area contributed by atoms with E-state index in [4.69, 9.17) is 11.6 Å². The second-order valence-electron chi connectivity index (χ2n) is 4.01. The van der Waals surface area contributed by atoms with Gasteiger partial charge in [-0.25, -0.2) is 4.98 Å². The SMILES string of the molecule is Cc1ncn(CCC(C)CCCl)c(=O)c1I. The average molecular weight is 355 g/mol. The first-order chi connectivity index (χ1) is 7.56. The number of hydrogen-bond acceptors (Lipinski definition) is 2. The van der Waals surface area contributed by atoms with E-state index in [0.717, 1.165) is 25.1 Å². The van der Waals surface area contributed by atoms with E-state index in [1.807, 2.05) is 6.92 Å². The van der Waals surface area contributed by atoms with Crippen molar-refractivity contribution < 1.29 is 0 Å². The third kappa shape index (κ3) is 3.73. The molecular weight excluding hydrogens is 338 g/mol. The minimum atomic E-state index is 0.0613. The van der Waals surface area contributed by atoms with Gasteiger partial charge in [0.2, 0.25) is 0 Å². The van der Waals surface area contributed by atoms with E-state index in [-0.39, 0.29) is 5.56 Å². The van der Waals surface area contributed by atoms with Gasteiger partial charge in [0.05, 0.1) is 15.6 Å². The molecular formula is C11H16ClIN2O. The Morgan fingerprint density at radius 1 is 1.56 bits per heavy atom. The average Bonchev–Trinajstić information content (AvgIpc) is 2.25. The van der Waals surface area contributed by atoms with Crippen LogP contribution < -0.4 is 5.56 Å². The molecule has 0 saturated carbocycles. The molecule has 90 valence electrons. The molecule has 0 N–H and O–H groups in total. The first-order valence-electron chi connectivity index (χ1n) is 5.33. The molecule has 0 fully saturated rings. The summed E-state index contributed by atoms with van der Waals surface area (Å²) in [5.41, 5.74) is 0.863. The van der Waals surface area contributed by atoms with E-state index in [0.29, 0.717) is 15.4 Å². The molecule has 3 nitrogen and oxygen atoms in total. The van der Waals surface area contributed by atoms with Crippen molar-refractivity contribution >= 4 is 34.2 Å². The fourth-order valence-electron chi connectivity index (χ4n) is 1.40. The number of aryl methyl sites for hydroxylation is 2. The molecule has 0 aromatic carbocycles.